The number of benzene rings is 1. The number of hydrogen-bond acceptors (Lipinski definition) is 2. The van der Waals surface area contributed by atoms with Crippen LogP contribution in [0.3, 0.4) is 0 Å². The summed E-state index contributed by atoms with van der Waals surface area (Å²) in [6, 6.07) is 7.05. The van der Waals surface area contributed by atoms with Crippen LogP contribution in [0.25, 0.3) is 0 Å². The van der Waals surface area contributed by atoms with Gasteiger partial charge in [0.25, 0.3) is 0 Å². The Morgan fingerprint density at radius 3 is 2.75 bits per heavy atom. The molecule has 86 valence electrons. The van der Waals surface area contributed by atoms with E-state index in [1.165, 1.54) is 6.07 Å². The Balaban J connectivity index is 2.79. The van der Waals surface area contributed by atoms with Gasteiger partial charge in [-0.3, -0.25) is 4.90 Å². The average molecular weight is 220 g/mol. The number of nitrogens with zero attached hydrogens (tertiary/aromatic N) is 2. The largest absolute Gasteiger partial charge is 0.299 e. The topological polar surface area (TPSA) is 27.0 Å². The molecule has 0 aliphatic carbocycles. The van der Waals surface area contributed by atoms with E-state index in [0.717, 1.165) is 18.5 Å². The predicted octanol–water partition coefficient (Wildman–Crippen LogP) is 2.93. The predicted molar refractivity (Wildman–Crippen MR) is 62.3 cm³/mol. The number of hydrogen-bond donors (Lipinski definition) is 0. The summed E-state index contributed by atoms with van der Waals surface area (Å²) in [5.74, 6) is -0.447. The highest BCUT2D eigenvalue weighted by Crippen LogP contribution is 2.13. The molecule has 0 radical (unpaired) electrons. The molecule has 2 nitrogen and oxygen atoms in total. The highest BCUT2D eigenvalue weighted by Gasteiger charge is 2.09. The number of nitriles is 1. The molecule has 1 aromatic rings. The smallest absolute Gasteiger partial charge is 0.140 e. The lowest BCUT2D eigenvalue weighted by Crippen LogP contribution is -2.27. The fourth-order valence-corrected chi connectivity index (χ4v) is 1.51. The molecule has 1 aromatic carbocycles. The van der Waals surface area contributed by atoms with Crippen LogP contribution in [0, 0.1) is 17.1 Å². The second-order valence-corrected chi connectivity index (χ2v) is 4.10. The number of halogens is 1. The second-order valence-electron chi connectivity index (χ2n) is 4.10. The van der Waals surface area contributed by atoms with E-state index in [0.29, 0.717) is 6.04 Å². The molecule has 0 bridgehead atoms. The van der Waals surface area contributed by atoms with Crippen molar-refractivity contribution in [1.82, 2.24) is 4.90 Å². The molecule has 0 N–H and O–H groups in total. The minimum atomic E-state index is -0.447. The standard InChI is InChI=1S/C13H17FN2/c1-4-10(2)16(3)9-11-5-6-13(14)12(7-11)8-15/h5-7,10H,4,9H2,1-3H3. The zero-order valence-corrected chi connectivity index (χ0v) is 10.00. The Morgan fingerprint density at radius 1 is 1.50 bits per heavy atom. The van der Waals surface area contributed by atoms with Crippen LogP contribution in [0.2, 0.25) is 0 Å². The van der Waals surface area contributed by atoms with Gasteiger partial charge >= 0.3 is 0 Å². The van der Waals surface area contributed by atoms with Gasteiger partial charge < -0.3 is 0 Å². The first-order valence-corrected chi connectivity index (χ1v) is 5.47. The molecular weight excluding hydrogens is 203 g/mol. The summed E-state index contributed by atoms with van der Waals surface area (Å²) < 4.78 is 13.1. The van der Waals surface area contributed by atoms with Crippen LogP contribution >= 0.6 is 0 Å². The van der Waals surface area contributed by atoms with Crippen molar-refractivity contribution < 1.29 is 4.39 Å². The van der Waals surface area contributed by atoms with E-state index in [4.69, 9.17) is 5.26 Å². The highest BCUT2D eigenvalue weighted by molar-refractivity contribution is 5.34. The van der Waals surface area contributed by atoms with Crippen molar-refractivity contribution >= 4 is 0 Å². The molecule has 0 spiro atoms. The van der Waals surface area contributed by atoms with E-state index in [1.54, 1.807) is 12.1 Å². The molecule has 0 amide bonds. The van der Waals surface area contributed by atoms with Crippen LogP contribution in [-0.2, 0) is 6.54 Å². The van der Waals surface area contributed by atoms with Gasteiger partial charge in [0.2, 0.25) is 0 Å². The van der Waals surface area contributed by atoms with Crippen molar-refractivity contribution in [2.75, 3.05) is 7.05 Å². The van der Waals surface area contributed by atoms with Crippen molar-refractivity contribution in [3.8, 4) is 6.07 Å². The summed E-state index contributed by atoms with van der Waals surface area (Å²) in [7, 11) is 2.03. The van der Waals surface area contributed by atoms with Gasteiger partial charge in [0.15, 0.2) is 0 Å². The number of rotatable bonds is 4. The third kappa shape index (κ3) is 3.04. The second kappa shape index (κ2) is 5.62. The Morgan fingerprint density at radius 2 is 2.19 bits per heavy atom. The molecule has 0 saturated carbocycles. The highest BCUT2D eigenvalue weighted by atomic mass is 19.1. The molecule has 1 atom stereocenters. The van der Waals surface area contributed by atoms with Gasteiger partial charge in [0.1, 0.15) is 11.9 Å². The van der Waals surface area contributed by atoms with Gasteiger partial charge in [0, 0.05) is 12.6 Å². The van der Waals surface area contributed by atoms with Crippen LogP contribution in [-0.4, -0.2) is 18.0 Å². The normalized spacial score (nSPS) is 12.5. The quantitative estimate of drug-likeness (QED) is 0.780. The summed E-state index contributed by atoms with van der Waals surface area (Å²) in [6.07, 6.45) is 1.07. The first-order chi connectivity index (χ1) is 7.58. The summed E-state index contributed by atoms with van der Waals surface area (Å²) in [5, 5.41) is 8.73. The third-order valence-electron chi connectivity index (χ3n) is 2.93. The van der Waals surface area contributed by atoms with Gasteiger partial charge in [-0.15, -0.1) is 0 Å². The van der Waals surface area contributed by atoms with E-state index < -0.39 is 5.82 Å². The minimum Gasteiger partial charge on any atom is -0.299 e. The van der Waals surface area contributed by atoms with Crippen LogP contribution < -0.4 is 0 Å². The van der Waals surface area contributed by atoms with E-state index in [2.05, 4.69) is 18.7 Å². The van der Waals surface area contributed by atoms with E-state index in [9.17, 15) is 4.39 Å². The average Bonchev–Trinajstić information content (AvgIpc) is 2.30. The van der Waals surface area contributed by atoms with Crippen molar-refractivity contribution in [3.05, 3.63) is 35.1 Å². The first-order valence-electron chi connectivity index (χ1n) is 5.47. The van der Waals surface area contributed by atoms with Gasteiger partial charge in [-0.2, -0.15) is 5.26 Å². The van der Waals surface area contributed by atoms with Crippen LogP contribution in [0.4, 0.5) is 4.39 Å². The first kappa shape index (κ1) is 12.7. The van der Waals surface area contributed by atoms with E-state index >= 15 is 0 Å². The van der Waals surface area contributed by atoms with Crippen molar-refractivity contribution in [2.45, 2.75) is 32.9 Å². The Labute approximate surface area is 96.3 Å². The maximum atomic E-state index is 13.1. The van der Waals surface area contributed by atoms with Gasteiger partial charge in [-0.05, 0) is 38.1 Å². The fraction of sp³-hybridized carbons (Fsp3) is 0.462. The maximum absolute atomic E-state index is 13.1. The summed E-state index contributed by atoms with van der Waals surface area (Å²) in [4.78, 5) is 2.19. The monoisotopic (exact) mass is 220 g/mol. The lowest BCUT2D eigenvalue weighted by molar-refractivity contribution is 0.244. The van der Waals surface area contributed by atoms with E-state index in [-0.39, 0.29) is 5.56 Å². The fourth-order valence-electron chi connectivity index (χ4n) is 1.51. The van der Waals surface area contributed by atoms with Gasteiger partial charge in [-0.1, -0.05) is 13.0 Å². The van der Waals surface area contributed by atoms with Crippen molar-refractivity contribution in [2.24, 2.45) is 0 Å². The zero-order chi connectivity index (χ0) is 12.1. The summed E-state index contributed by atoms with van der Waals surface area (Å²) in [5.41, 5.74) is 1.09. The van der Waals surface area contributed by atoms with Crippen molar-refractivity contribution in [1.29, 1.82) is 5.26 Å². The summed E-state index contributed by atoms with van der Waals surface area (Å²) >= 11 is 0. The Hall–Kier alpha value is -1.40. The summed E-state index contributed by atoms with van der Waals surface area (Å²) in [6.45, 7) is 5.02. The molecule has 16 heavy (non-hydrogen) atoms. The SMILES string of the molecule is CCC(C)N(C)Cc1ccc(F)c(C#N)c1. The van der Waals surface area contributed by atoms with E-state index in [1.807, 2.05) is 13.1 Å². The molecular formula is C13H17FN2. The molecule has 0 aliphatic rings. The molecule has 0 aromatic heterocycles. The Kier molecular flexibility index (Phi) is 4.45. The van der Waals surface area contributed by atoms with Crippen molar-refractivity contribution in [3.63, 3.8) is 0 Å². The molecule has 0 heterocycles. The minimum absolute atomic E-state index is 0.120. The van der Waals surface area contributed by atoms with Gasteiger partial charge in [0.05, 0.1) is 5.56 Å². The van der Waals surface area contributed by atoms with Crippen LogP contribution in [0.1, 0.15) is 31.4 Å². The lowest BCUT2D eigenvalue weighted by atomic mass is 10.1. The Bertz CT molecular complexity index is 395. The molecule has 0 fully saturated rings. The molecule has 0 aliphatic heterocycles. The zero-order valence-electron chi connectivity index (χ0n) is 10.00. The molecule has 1 unspecified atom stereocenters. The van der Waals surface area contributed by atoms with Crippen LogP contribution in [0.15, 0.2) is 18.2 Å². The molecule has 1 rings (SSSR count). The third-order valence-corrected chi connectivity index (χ3v) is 2.93. The lowest BCUT2D eigenvalue weighted by Gasteiger charge is -2.23. The molecule has 0 saturated heterocycles. The molecule has 3 heteroatoms. The maximum Gasteiger partial charge on any atom is 0.140 e. The van der Waals surface area contributed by atoms with Gasteiger partial charge in [-0.25, -0.2) is 4.39 Å². The van der Waals surface area contributed by atoms with Crippen LogP contribution in [0.5, 0.6) is 0 Å².